The van der Waals surface area contributed by atoms with Gasteiger partial charge in [0.2, 0.25) is 6.29 Å². The Labute approximate surface area is 275 Å². The van der Waals surface area contributed by atoms with E-state index in [0.29, 0.717) is 6.42 Å². The van der Waals surface area contributed by atoms with Crippen molar-refractivity contribution in [2.24, 2.45) is 5.92 Å². The minimum absolute atomic E-state index is 0.0483. The van der Waals surface area contributed by atoms with Crippen LogP contribution in [0.1, 0.15) is 18.9 Å². The summed E-state index contributed by atoms with van der Waals surface area (Å²) in [6.07, 6.45) is -14.6. The van der Waals surface area contributed by atoms with Crippen LogP contribution >= 0.6 is 0 Å². The molecular weight excluding hydrogens is 644 g/mol. The highest BCUT2D eigenvalue weighted by atomic mass is 16.8. The van der Waals surface area contributed by atoms with Crippen molar-refractivity contribution in [1.29, 1.82) is 0 Å². The van der Waals surface area contributed by atoms with E-state index in [0.717, 1.165) is 18.9 Å². The number of esters is 2. The van der Waals surface area contributed by atoms with Gasteiger partial charge in [-0.3, -0.25) is 4.79 Å². The van der Waals surface area contributed by atoms with Crippen molar-refractivity contribution < 1.29 is 83.6 Å². The van der Waals surface area contributed by atoms with Crippen LogP contribution in [0.25, 0.3) is 0 Å². The lowest BCUT2D eigenvalue weighted by Crippen LogP contribution is -2.60. The third-order valence-electron chi connectivity index (χ3n) is 8.29. The summed E-state index contributed by atoms with van der Waals surface area (Å²) < 4.78 is 38.0. The molecule has 3 aliphatic heterocycles. The van der Waals surface area contributed by atoms with E-state index in [2.05, 4.69) is 0 Å². The number of phenolic OH excluding ortho intramolecular Hbond substituents is 1. The van der Waals surface area contributed by atoms with Gasteiger partial charge in [0, 0.05) is 11.5 Å². The number of phenols is 1. The van der Waals surface area contributed by atoms with Gasteiger partial charge in [0.15, 0.2) is 12.6 Å². The number of hydrogen-bond donors (Lipinski definition) is 8. The highest BCUT2D eigenvalue weighted by molar-refractivity contribution is 5.90. The predicted octanol–water partition coefficient (Wildman–Crippen LogP) is -2.52. The van der Waals surface area contributed by atoms with E-state index in [9.17, 15) is 50.4 Å². The monoisotopic (exact) mass is 686 g/mol. The summed E-state index contributed by atoms with van der Waals surface area (Å²) in [6.45, 7) is 0.335. The highest BCUT2D eigenvalue weighted by Gasteiger charge is 2.48. The number of methoxy groups -OCH3 is 1. The number of hydrogen-bond acceptors (Lipinski definition) is 17. The van der Waals surface area contributed by atoms with Gasteiger partial charge in [0.1, 0.15) is 61.2 Å². The molecule has 0 spiro atoms. The third-order valence-corrected chi connectivity index (χ3v) is 8.29. The van der Waals surface area contributed by atoms with Gasteiger partial charge in [-0.15, -0.1) is 0 Å². The fourth-order valence-corrected chi connectivity index (χ4v) is 5.47. The van der Waals surface area contributed by atoms with Crippen molar-refractivity contribution in [2.75, 3.05) is 26.9 Å². The molecule has 4 rings (SSSR count). The zero-order valence-corrected chi connectivity index (χ0v) is 26.2. The summed E-state index contributed by atoms with van der Waals surface area (Å²) in [5.74, 6) is -2.69. The Kier molecular flexibility index (Phi) is 13.3. The van der Waals surface area contributed by atoms with E-state index in [4.69, 9.17) is 33.2 Å². The van der Waals surface area contributed by atoms with Crippen LogP contribution in [0, 0.1) is 5.92 Å². The number of ether oxygens (including phenoxy) is 7. The summed E-state index contributed by atoms with van der Waals surface area (Å²) in [7, 11) is 1.12. The topological polar surface area (TPSA) is 261 Å². The lowest BCUT2D eigenvalue weighted by atomic mass is 9.86. The first-order valence-corrected chi connectivity index (χ1v) is 15.2. The molecule has 17 nitrogen and oxygen atoms in total. The molecule has 8 N–H and O–H groups in total. The van der Waals surface area contributed by atoms with Gasteiger partial charge in [-0.2, -0.15) is 0 Å². The summed E-state index contributed by atoms with van der Waals surface area (Å²) in [5.41, 5.74) is 0.922. The quantitative estimate of drug-likeness (QED) is 0.0834. The molecule has 1 aromatic rings. The second-order valence-corrected chi connectivity index (χ2v) is 11.4. The maximum absolute atomic E-state index is 13.1. The van der Waals surface area contributed by atoms with Crippen LogP contribution < -0.4 is 0 Å². The van der Waals surface area contributed by atoms with Gasteiger partial charge in [-0.05, 0) is 31.0 Å². The fourth-order valence-electron chi connectivity index (χ4n) is 5.47. The number of aliphatic hydroxyl groups excluding tert-OH is 7. The standard InChI is InChI=1S/C31H42O17/c1-3-16-17(18(28(41)42-2)12-45-29(16)48-31-27(40)24(37)22(35)19(11-32)46-31)10-21(34)44-13-20-23(36)25(38)26(39)30(47-20)43-9-8-14-4-6-15(33)7-5-14/h3-7,12,17,19-20,22-27,29-33,35-40H,8-11,13H2,1-2H3/b16-3-/t17-,19-,20+,22+,23+,24-,25-,26+,27+,29-,30-,31+/m0/s1. The first-order chi connectivity index (χ1) is 22.9. The number of carbonyl (C=O) groups excluding carboxylic acids is 2. The zero-order valence-electron chi connectivity index (χ0n) is 26.2. The number of carbonyl (C=O) groups is 2. The second-order valence-electron chi connectivity index (χ2n) is 11.4. The fraction of sp³-hybridized carbons (Fsp3) is 0.613. The van der Waals surface area contributed by atoms with Crippen LogP contribution in [0.2, 0.25) is 0 Å². The Morgan fingerprint density at radius 3 is 2.12 bits per heavy atom. The van der Waals surface area contributed by atoms with E-state index in [1.165, 1.54) is 18.2 Å². The number of rotatable bonds is 12. The van der Waals surface area contributed by atoms with Crippen LogP contribution in [0.15, 0.2) is 47.7 Å². The van der Waals surface area contributed by atoms with E-state index >= 15 is 0 Å². The lowest BCUT2D eigenvalue weighted by Gasteiger charge is -2.42. The molecule has 1 aromatic carbocycles. The number of benzene rings is 1. The number of allylic oxidation sites excluding steroid dienone is 1. The smallest absolute Gasteiger partial charge is 0.337 e. The average Bonchev–Trinajstić information content (AvgIpc) is 3.08. The molecule has 48 heavy (non-hydrogen) atoms. The Bertz CT molecular complexity index is 1280. The molecular formula is C31H42O17. The Hall–Kier alpha value is -3.20. The maximum atomic E-state index is 13.1. The Morgan fingerprint density at radius 2 is 1.50 bits per heavy atom. The van der Waals surface area contributed by atoms with Crippen LogP contribution in [-0.4, -0.2) is 147 Å². The lowest BCUT2D eigenvalue weighted by molar-refractivity contribution is -0.327. The van der Waals surface area contributed by atoms with E-state index in [-0.39, 0.29) is 23.5 Å². The van der Waals surface area contributed by atoms with E-state index in [1.807, 2.05) is 0 Å². The molecule has 0 amide bonds. The molecule has 0 radical (unpaired) electrons. The van der Waals surface area contributed by atoms with Crippen molar-refractivity contribution in [1.82, 2.24) is 0 Å². The minimum Gasteiger partial charge on any atom is -0.508 e. The molecule has 17 heteroatoms. The van der Waals surface area contributed by atoms with Crippen LogP contribution in [-0.2, 0) is 49.2 Å². The summed E-state index contributed by atoms with van der Waals surface area (Å²) in [6, 6.07) is 6.37. The molecule has 3 heterocycles. The number of aliphatic hydroxyl groups is 7. The SMILES string of the molecule is C/C=C1\[C@H](O[C@H]2O[C@@H](CO)[C@@H](O)[C@H](O)[C@H]2O)OC=C(C(=O)OC)[C@H]1CC(=O)OC[C@H]1O[C@H](OCCc2ccc(O)cc2)[C@H](O)[C@@H](O)[C@@H]1O. The van der Waals surface area contributed by atoms with Gasteiger partial charge in [-0.1, -0.05) is 18.2 Å². The van der Waals surface area contributed by atoms with Crippen molar-refractivity contribution in [3.8, 4) is 5.75 Å². The van der Waals surface area contributed by atoms with Crippen molar-refractivity contribution in [3.63, 3.8) is 0 Å². The molecule has 268 valence electrons. The molecule has 0 saturated carbocycles. The van der Waals surface area contributed by atoms with Crippen LogP contribution in [0.4, 0.5) is 0 Å². The average molecular weight is 687 g/mol. The summed E-state index contributed by atoms with van der Waals surface area (Å²) in [4.78, 5) is 25.7. The molecule has 0 unspecified atom stereocenters. The zero-order chi connectivity index (χ0) is 35.1. The van der Waals surface area contributed by atoms with Gasteiger partial charge >= 0.3 is 11.9 Å². The summed E-state index contributed by atoms with van der Waals surface area (Å²) in [5, 5.41) is 80.8. The first-order valence-electron chi connectivity index (χ1n) is 15.2. The molecule has 0 aromatic heterocycles. The summed E-state index contributed by atoms with van der Waals surface area (Å²) >= 11 is 0. The van der Waals surface area contributed by atoms with Crippen LogP contribution in [0.5, 0.6) is 5.75 Å². The van der Waals surface area contributed by atoms with Gasteiger partial charge in [0.05, 0.1) is 38.6 Å². The molecule has 0 aliphatic carbocycles. The normalized spacial score (nSPS) is 36.2. The Balaban J connectivity index is 1.39. The van der Waals surface area contributed by atoms with E-state index in [1.54, 1.807) is 19.1 Å². The van der Waals surface area contributed by atoms with Gasteiger partial charge in [-0.25, -0.2) is 4.79 Å². The maximum Gasteiger partial charge on any atom is 0.337 e. The van der Waals surface area contributed by atoms with Gasteiger partial charge in [0.25, 0.3) is 0 Å². The van der Waals surface area contributed by atoms with Crippen LogP contribution in [0.3, 0.4) is 0 Å². The molecule has 2 saturated heterocycles. The Morgan fingerprint density at radius 1 is 0.875 bits per heavy atom. The highest BCUT2D eigenvalue weighted by Crippen LogP contribution is 2.36. The molecule has 12 atom stereocenters. The molecule has 2 fully saturated rings. The van der Waals surface area contributed by atoms with E-state index < -0.39 is 105 Å². The largest absolute Gasteiger partial charge is 0.508 e. The van der Waals surface area contributed by atoms with Gasteiger partial charge < -0.3 is 74.0 Å². The minimum atomic E-state index is -1.75. The van der Waals surface area contributed by atoms with Crippen molar-refractivity contribution in [3.05, 3.63) is 53.3 Å². The molecule has 3 aliphatic rings. The molecule has 0 bridgehead atoms. The van der Waals surface area contributed by atoms with Crippen molar-refractivity contribution >= 4 is 11.9 Å². The third kappa shape index (κ3) is 8.68. The number of aromatic hydroxyl groups is 1. The first kappa shape index (κ1) is 37.6. The second kappa shape index (κ2) is 17.0. The van der Waals surface area contributed by atoms with Crippen molar-refractivity contribution in [2.45, 2.75) is 87.5 Å². The predicted molar refractivity (Wildman–Crippen MR) is 157 cm³/mol.